The van der Waals surface area contributed by atoms with Crippen molar-refractivity contribution in [2.24, 2.45) is 5.73 Å². The number of nitrogens with two attached hydrogens (primary N) is 1. The first-order valence-corrected chi connectivity index (χ1v) is 6.54. The highest BCUT2D eigenvalue weighted by molar-refractivity contribution is 6.30. The minimum absolute atomic E-state index is 0.0223. The van der Waals surface area contributed by atoms with E-state index in [2.05, 4.69) is 11.3 Å². The summed E-state index contributed by atoms with van der Waals surface area (Å²) in [6.45, 7) is 6.67. The van der Waals surface area contributed by atoms with E-state index in [0.717, 1.165) is 0 Å². The second-order valence-corrected chi connectivity index (χ2v) is 4.89. The van der Waals surface area contributed by atoms with Gasteiger partial charge in [0.1, 0.15) is 5.83 Å². The largest absolute Gasteiger partial charge is 0.465 e. The maximum atomic E-state index is 14.4. The topological polar surface area (TPSA) is 52.3 Å². The molecule has 0 aliphatic carbocycles. The molecule has 0 fully saturated rings. The van der Waals surface area contributed by atoms with Crippen molar-refractivity contribution in [2.75, 3.05) is 7.11 Å². The van der Waals surface area contributed by atoms with Gasteiger partial charge in [-0.3, -0.25) is 0 Å². The fraction of sp³-hybridized carbons (Fsp3) is 0.188. The summed E-state index contributed by atoms with van der Waals surface area (Å²) in [6.07, 6.45) is 0. The van der Waals surface area contributed by atoms with Gasteiger partial charge in [-0.25, -0.2) is 9.18 Å². The second kappa shape index (κ2) is 7.09. The Labute approximate surface area is 128 Å². The van der Waals surface area contributed by atoms with E-state index < -0.39 is 11.8 Å². The van der Waals surface area contributed by atoms with Crippen LogP contribution >= 0.6 is 11.6 Å². The molecule has 0 unspecified atom stereocenters. The smallest absolute Gasteiger partial charge is 0.337 e. The lowest BCUT2D eigenvalue weighted by Gasteiger charge is -2.10. The summed E-state index contributed by atoms with van der Waals surface area (Å²) in [7, 11) is 1.22. The van der Waals surface area contributed by atoms with Gasteiger partial charge >= 0.3 is 5.97 Å². The van der Waals surface area contributed by atoms with Crippen LogP contribution in [0.1, 0.15) is 19.4 Å². The van der Waals surface area contributed by atoms with E-state index >= 15 is 0 Å². The first kappa shape index (κ1) is 17.0. The van der Waals surface area contributed by atoms with E-state index in [0.29, 0.717) is 16.2 Å². The molecule has 0 aromatic heterocycles. The Kier molecular flexibility index (Phi) is 5.73. The van der Waals surface area contributed by atoms with Crippen LogP contribution in [0.3, 0.4) is 0 Å². The second-order valence-electron chi connectivity index (χ2n) is 4.45. The van der Waals surface area contributed by atoms with Gasteiger partial charge in [-0.1, -0.05) is 30.3 Å². The fourth-order valence-corrected chi connectivity index (χ4v) is 1.76. The minimum atomic E-state index is -0.646. The van der Waals surface area contributed by atoms with Gasteiger partial charge < -0.3 is 10.5 Å². The zero-order valence-electron chi connectivity index (χ0n) is 12.2. The molecule has 0 amide bonds. The van der Waals surface area contributed by atoms with Crippen LogP contribution in [0.4, 0.5) is 4.39 Å². The lowest BCUT2D eigenvalue weighted by Crippen LogP contribution is -2.11. The third kappa shape index (κ3) is 3.95. The number of carbonyl (C=O) groups excluding carboxylic acids is 1. The molecule has 0 bridgehead atoms. The lowest BCUT2D eigenvalue weighted by molar-refractivity contribution is -0.135. The number of allylic oxidation sites excluding steroid dienone is 2. The number of benzene rings is 1. The predicted octanol–water partition coefficient (Wildman–Crippen LogP) is 4.00. The van der Waals surface area contributed by atoms with Crippen molar-refractivity contribution in [1.29, 1.82) is 0 Å². The third-order valence-corrected chi connectivity index (χ3v) is 3.38. The molecule has 0 heterocycles. The summed E-state index contributed by atoms with van der Waals surface area (Å²) >= 11 is 5.79. The molecule has 112 valence electrons. The molecule has 3 nitrogen and oxygen atoms in total. The van der Waals surface area contributed by atoms with Crippen LogP contribution in [-0.2, 0) is 9.53 Å². The molecule has 0 aliphatic rings. The van der Waals surface area contributed by atoms with E-state index in [9.17, 15) is 9.18 Å². The van der Waals surface area contributed by atoms with E-state index in [1.165, 1.54) is 14.0 Å². The van der Waals surface area contributed by atoms with Crippen molar-refractivity contribution >= 4 is 23.1 Å². The van der Waals surface area contributed by atoms with Crippen molar-refractivity contribution < 1.29 is 13.9 Å². The van der Waals surface area contributed by atoms with Gasteiger partial charge in [-0.15, -0.1) is 0 Å². The van der Waals surface area contributed by atoms with Gasteiger partial charge in [0.25, 0.3) is 0 Å². The highest BCUT2D eigenvalue weighted by Crippen LogP contribution is 2.26. The molecule has 1 rings (SSSR count). The number of esters is 1. The van der Waals surface area contributed by atoms with Gasteiger partial charge in [-0.05, 0) is 42.7 Å². The quantitative estimate of drug-likeness (QED) is 0.519. The number of carbonyl (C=O) groups is 1. The Hall–Kier alpha value is -2.07. The van der Waals surface area contributed by atoms with Crippen LogP contribution in [0.2, 0.25) is 5.02 Å². The van der Waals surface area contributed by atoms with Crippen LogP contribution in [0.25, 0.3) is 5.57 Å². The summed E-state index contributed by atoms with van der Waals surface area (Å²) in [5.74, 6) is -1.26. The summed E-state index contributed by atoms with van der Waals surface area (Å²) in [5.41, 5.74) is 6.90. The van der Waals surface area contributed by atoms with Gasteiger partial charge in [-0.2, -0.15) is 0 Å². The summed E-state index contributed by atoms with van der Waals surface area (Å²) in [4.78, 5) is 11.4. The summed E-state index contributed by atoms with van der Waals surface area (Å²) in [5, 5.41) is 0.561. The van der Waals surface area contributed by atoms with Crippen molar-refractivity contribution in [3.05, 3.63) is 64.1 Å². The predicted molar refractivity (Wildman–Crippen MR) is 83.2 cm³/mol. The monoisotopic (exact) mass is 309 g/mol. The molecule has 0 saturated carbocycles. The molecule has 0 atom stereocenters. The molecular formula is C16H17ClFNO2. The van der Waals surface area contributed by atoms with Crippen molar-refractivity contribution in [1.82, 2.24) is 0 Å². The number of ether oxygens (including phenoxy) is 1. The number of hydrogen-bond donors (Lipinski definition) is 1. The zero-order chi connectivity index (χ0) is 16.2. The standard InChI is InChI=1S/C16H17ClFNO2/c1-9(10(2)16(20)21-4)15(19)14(18)11(3)12-5-7-13(17)8-6-12/h5-8H,2,19H2,1,3-4H3/b14-11-,15-9+. The van der Waals surface area contributed by atoms with Crippen LogP contribution in [-0.4, -0.2) is 13.1 Å². The normalized spacial score (nSPS) is 13.2. The SMILES string of the molecule is C=C(C(=O)OC)/C(C)=C(N)\C(F)=C(/C)c1ccc(Cl)cc1. The average molecular weight is 310 g/mol. The molecule has 21 heavy (non-hydrogen) atoms. The molecule has 0 spiro atoms. The van der Waals surface area contributed by atoms with Crippen molar-refractivity contribution in [2.45, 2.75) is 13.8 Å². The van der Waals surface area contributed by atoms with E-state index in [-0.39, 0.29) is 16.8 Å². The van der Waals surface area contributed by atoms with Crippen LogP contribution < -0.4 is 5.73 Å². The molecule has 1 aromatic carbocycles. The summed E-state index contributed by atoms with van der Waals surface area (Å²) in [6, 6.07) is 6.70. The highest BCUT2D eigenvalue weighted by Gasteiger charge is 2.16. The molecule has 0 saturated heterocycles. The van der Waals surface area contributed by atoms with Gasteiger partial charge in [0.05, 0.1) is 18.4 Å². The molecule has 0 radical (unpaired) electrons. The van der Waals surface area contributed by atoms with Gasteiger partial charge in [0.15, 0.2) is 0 Å². The van der Waals surface area contributed by atoms with E-state index in [1.54, 1.807) is 31.2 Å². The van der Waals surface area contributed by atoms with Crippen molar-refractivity contribution in [3.8, 4) is 0 Å². The Bertz CT molecular complexity index is 630. The van der Waals surface area contributed by atoms with Crippen LogP contribution in [0.15, 0.2) is 53.5 Å². The fourth-order valence-electron chi connectivity index (χ4n) is 1.63. The number of halogens is 2. The van der Waals surface area contributed by atoms with Crippen LogP contribution in [0.5, 0.6) is 0 Å². The Morgan fingerprint density at radius 2 is 1.81 bits per heavy atom. The third-order valence-electron chi connectivity index (χ3n) is 3.13. The Morgan fingerprint density at radius 3 is 2.29 bits per heavy atom. The first-order chi connectivity index (χ1) is 9.79. The molecule has 2 N–H and O–H groups in total. The molecule has 0 aliphatic heterocycles. The lowest BCUT2D eigenvalue weighted by atomic mass is 10.0. The van der Waals surface area contributed by atoms with Gasteiger partial charge in [0, 0.05) is 5.02 Å². The summed E-state index contributed by atoms with van der Waals surface area (Å²) < 4.78 is 19.0. The number of rotatable bonds is 4. The molecule has 5 heteroatoms. The average Bonchev–Trinajstić information content (AvgIpc) is 2.51. The van der Waals surface area contributed by atoms with Crippen LogP contribution in [0, 0.1) is 0 Å². The number of hydrogen-bond acceptors (Lipinski definition) is 3. The minimum Gasteiger partial charge on any atom is -0.465 e. The molecular weight excluding hydrogens is 293 g/mol. The Morgan fingerprint density at radius 1 is 1.29 bits per heavy atom. The number of methoxy groups -OCH3 is 1. The van der Waals surface area contributed by atoms with Gasteiger partial charge in [0.2, 0.25) is 0 Å². The maximum Gasteiger partial charge on any atom is 0.337 e. The van der Waals surface area contributed by atoms with Crippen molar-refractivity contribution in [3.63, 3.8) is 0 Å². The molecule has 1 aromatic rings. The maximum absolute atomic E-state index is 14.4. The Balaban J connectivity index is 3.23. The van der Waals surface area contributed by atoms with E-state index in [4.69, 9.17) is 17.3 Å². The first-order valence-electron chi connectivity index (χ1n) is 6.16. The zero-order valence-corrected chi connectivity index (χ0v) is 12.9. The highest BCUT2D eigenvalue weighted by atomic mass is 35.5. The van der Waals surface area contributed by atoms with E-state index in [1.807, 2.05) is 0 Å².